The molecule has 1 heterocycles. The monoisotopic (exact) mass is 208 g/mol. The standard InChI is InChI=1S/C6H12N2O4S/c1-2-3-7-13(10,11)8-4-5-12-6(8)9/h7H,2-5H2,1H3. The Morgan fingerprint density at radius 3 is 2.77 bits per heavy atom. The van der Waals surface area contributed by atoms with Gasteiger partial charge in [-0.1, -0.05) is 6.92 Å². The van der Waals surface area contributed by atoms with Crippen LogP contribution >= 0.6 is 0 Å². The molecule has 6 nitrogen and oxygen atoms in total. The Labute approximate surface area is 77.0 Å². The van der Waals surface area contributed by atoms with Gasteiger partial charge in [0.05, 0.1) is 6.54 Å². The number of nitrogens with one attached hydrogen (secondary N) is 1. The van der Waals surface area contributed by atoms with Crippen molar-refractivity contribution in [3.05, 3.63) is 0 Å². The van der Waals surface area contributed by atoms with Gasteiger partial charge in [0, 0.05) is 6.54 Å². The molecule has 1 fully saturated rings. The van der Waals surface area contributed by atoms with Crippen LogP contribution in [0.15, 0.2) is 0 Å². The van der Waals surface area contributed by atoms with E-state index < -0.39 is 16.3 Å². The minimum Gasteiger partial charge on any atom is -0.447 e. The minimum atomic E-state index is -3.66. The molecule has 0 unspecified atom stereocenters. The second-order valence-electron chi connectivity index (χ2n) is 2.59. The summed E-state index contributed by atoms with van der Waals surface area (Å²) in [6, 6.07) is 0. The maximum absolute atomic E-state index is 11.3. The number of nitrogens with zero attached hydrogens (tertiary/aromatic N) is 1. The van der Waals surface area contributed by atoms with Crippen molar-refractivity contribution in [2.45, 2.75) is 13.3 Å². The Balaban J connectivity index is 2.63. The third-order valence-corrected chi connectivity index (χ3v) is 3.03. The fourth-order valence-corrected chi connectivity index (χ4v) is 2.09. The Bertz CT molecular complexity index is 287. The first kappa shape index (κ1) is 10.3. The maximum Gasteiger partial charge on any atom is 0.424 e. The SMILES string of the molecule is CCCNS(=O)(=O)N1CCOC1=O. The third kappa shape index (κ3) is 2.31. The first-order valence-corrected chi connectivity index (χ1v) is 5.46. The largest absolute Gasteiger partial charge is 0.447 e. The van der Waals surface area contributed by atoms with Crippen molar-refractivity contribution in [2.24, 2.45) is 0 Å². The van der Waals surface area contributed by atoms with Crippen LogP contribution in [0.5, 0.6) is 0 Å². The van der Waals surface area contributed by atoms with E-state index in [9.17, 15) is 13.2 Å². The molecule has 0 aromatic rings. The van der Waals surface area contributed by atoms with Gasteiger partial charge in [-0.25, -0.2) is 4.79 Å². The summed E-state index contributed by atoms with van der Waals surface area (Å²) in [5.41, 5.74) is 0. The molecule has 1 aliphatic heterocycles. The Kier molecular flexibility index (Phi) is 3.10. The number of rotatable bonds is 4. The molecule has 0 radical (unpaired) electrons. The first-order chi connectivity index (χ1) is 6.08. The zero-order valence-electron chi connectivity index (χ0n) is 7.32. The number of hydrogen-bond acceptors (Lipinski definition) is 4. The Morgan fingerprint density at radius 1 is 1.62 bits per heavy atom. The van der Waals surface area contributed by atoms with Crippen molar-refractivity contribution in [2.75, 3.05) is 19.7 Å². The second-order valence-corrected chi connectivity index (χ2v) is 4.27. The van der Waals surface area contributed by atoms with E-state index >= 15 is 0 Å². The summed E-state index contributed by atoms with van der Waals surface area (Å²) < 4.78 is 30.1. The van der Waals surface area contributed by atoms with E-state index in [0.717, 1.165) is 0 Å². The number of cyclic esters (lactones) is 1. The first-order valence-electron chi connectivity index (χ1n) is 4.02. The van der Waals surface area contributed by atoms with Crippen molar-refractivity contribution in [1.82, 2.24) is 9.03 Å². The molecule has 7 heteroatoms. The van der Waals surface area contributed by atoms with E-state index in [0.29, 0.717) is 17.3 Å². The average molecular weight is 208 g/mol. The lowest BCUT2D eigenvalue weighted by Crippen LogP contribution is -2.41. The Morgan fingerprint density at radius 2 is 2.31 bits per heavy atom. The van der Waals surface area contributed by atoms with Crippen LogP contribution in [0, 0.1) is 0 Å². The summed E-state index contributed by atoms with van der Waals surface area (Å²) >= 11 is 0. The highest BCUT2D eigenvalue weighted by Gasteiger charge is 2.32. The number of amides is 1. The summed E-state index contributed by atoms with van der Waals surface area (Å²) in [7, 11) is -3.66. The number of carbonyl (C=O) groups excluding carboxylic acids is 1. The minimum absolute atomic E-state index is 0.0951. The molecular formula is C6H12N2O4S. The predicted octanol–water partition coefficient (Wildman–Crippen LogP) is -0.317. The molecule has 0 aliphatic carbocycles. The van der Waals surface area contributed by atoms with Crippen molar-refractivity contribution in [3.8, 4) is 0 Å². The lowest BCUT2D eigenvalue weighted by atomic mass is 10.5. The highest BCUT2D eigenvalue weighted by atomic mass is 32.2. The summed E-state index contributed by atoms with van der Waals surface area (Å²) in [6.07, 6.45) is -0.120. The molecule has 1 amide bonds. The van der Waals surface area contributed by atoms with Gasteiger partial charge in [0.15, 0.2) is 0 Å². The van der Waals surface area contributed by atoms with Gasteiger partial charge in [-0.15, -0.1) is 0 Å². The summed E-state index contributed by atoms with van der Waals surface area (Å²) in [5, 5.41) is 0. The topological polar surface area (TPSA) is 75.7 Å². The highest BCUT2D eigenvalue weighted by molar-refractivity contribution is 7.87. The third-order valence-electron chi connectivity index (χ3n) is 1.55. The summed E-state index contributed by atoms with van der Waals surface area (Å²) in [4.78, 5) is 10.9. The van der Waals surface area contributed by atoms with Crippen LogP contribution in [-0.4, -0.2) is 38.5 Å². The van der Waals surface area contributed by atoms with Crippen LogP contribution in [0.1, 0.15) is 13.3 Å². The molecule has 13 heavy (non-hydrogen) atoms. The van der Waals surface area contributed by atoms with E-state index in [1.54, 1.807) is 0 Å². The van der Waals surface area contributed by atoms with Crippen LogP contribution < -0.4 is 4.72 Å². The number of hydrogen-bond donors (Lipinski definition) is 1. The molecule has 0 saturated carbocycles. The van der Waals surface area contributed by atoms with Crippen LogP contribution in [0.3, 0.4) is 0 Å². The normalized spacial score (nSPS) is 17.6. The fourth-order valence-electron chi connectivity index (χ4n) is 0.906. The molecule has 76 valence electrons. The van der Waals surface area contributed by atoms with Gasteiger partial charge in [0.2, 0.25) is 0 Å². The van der Waals surface area contributed by atoms with Gasteiger partial charge in [-0.3, -0.25) is 0 Å². The number of carbonyl (C=O) groups is 1. The summed E-state index contributed by atoms with van der Waals surface area (Å²) in [5.74, 6) is 0. The lowest BCUT2D eigenvalue weighted by Gasteiger charge is -2.13. The molecule has 0 atom stereocenters. The molecule has 1 saturated heterocycles. The van der Waals surface area contributed by atoms with Gasteiger partial charge >= 0.3 is 16.3 Å². The van der Waals surface area contributed by atoms with Gasteiger partial charge in [-0.05, 0) is 6.42 Å². The van der Waals surface area contributed by atoms with Crippen molar-refractivity contribution in [1.29, 1.82) is 0 Å². The van der Waals surface area contributed by atoms with Crippen LogP contribution in [0.2, 0.25) is 0 Å². The molecular weight excluding hydrogens is 196 g/mol. The van der Waals surface area contributed by atoms with Crippen molar-refractivity contribution in [3.63, 3.8) is 0 Å². The molecule has 0 spiro atoms. The molecule has 1 rings (SSSR count). The van der Waals surface area contributed by atoms with Crippen LogP contribution in [0.4, 0.5) is 4.79 Å². The quantitative estimate of drug-likeness (QED) is 0.687. The van der Waals surface area contributed by atoms with Gasteiger partial charge < -0.3 is 4.74 Å². The molecule has 0 bridgehead atoms. The van der Waals surface area contributed by atoms with E-state index in [2.05, 4.69) is 9.46 Å². The van der Waals surface area contributed by atoms with E-state index in [1.165, 1.54) is 0 Å². The van der Waals surface area contributed by atoms with Crippen molar-refractivity contribution >= 4 is 16.3 Å². The van der Waals surface area contributed by atoms with E-state index in [-0.39, 0.29) is 13.2 Å². The average Bonchev–Trinajstić information content (AvgIpc) is 2.48. The molecule has 0 aromatic heterocycles. The molecule has 1 N–H and O–H groups in total. The number of ether oxygens (including phenoxy) is 1. The van der Waals surface area contributed by atoms with Gasteiger partial charge in [-0.2, -0.15) is 17.4 Å². The highest BCUT2D eigenvalue weighted by Crippen LogP contribution is 2.07. The second kappa shape index (κ2) is 3.93. The Hall–Kier alpha value is -0.820. The smallest absolute Gasteiger partial charge is 0.424 e. The zero-order valence-corrected chi connectivity index (χ0v) is 8.13. The summed E-state index contributed by atoms with van der Waals surface area (Å²) in [6.45, 7) is 2.39. The van der Waals surface area contributed by atoms with E-state index in [1.807, 2.05) is 6.92 Å². The van der Waals surface area contributed by atoms with Crippen LogP contribution in [-0.2, 0) is 14.9 Å². The maximum atomic E-state index is 11.3. The van der Waals surface area contributed by atoms with Crippen LogP contribution in [0.25, 0.3) is 0 Å². The lowest BCUT2D eigenvalue weighted by molar-refractivity contribution is 0.169. The fraction of sp³-hybridized carbons (Fsp3) is 0.833. The van der Waals surface area contributed by atoms with E-state index in [4.69, 9.17) is 0 Å². The van der Waals surface area contributed by atoms with Gasteiger partial charge in [0.25, 0.3) is 0 Å². The molecule has 1 aliphatic rings. The molecule has 0 aromatic carbocycles. The van der Waals surface area contributed by atoms with Gasteiger partial charge in [0.1, 0.15) is 6.61 Å². The predicted molar refractivity (Wildman–Crippen MR) is 45.3 cm³/mol. The zero-order chi connectivity index (χ0) is 9.90. The van der Waals surface area contributed by atoms with Crippen molar-refractivity contribution < 1.29 is 17.9 Å².